The second kappa shape index (κ2) is 8.86. The number of amides is 5. The van der Waals surface area contributed by atoms with Crippen LogP contribution in [0.5, 0.6) is 11.5 Å². The Morgan fingerprint density at radius 3 is 2.43 bits per heavy atom. The smallest absolute Gasteiger partial charge is 0.335 e. The molecular formula is C20H18N4O6. The predicted molar refractivity (Wildman–Crippen MR) is 106 cm³/mol. The molecule has 0 saturated carbocycles. The molecule has 0 bridgehead atoms. The third-order valence-corrected chi connectivity index (χ3v) is 4.27. The van der Waals surface area contributed by atoms with Crippen molar-refractivity contribution >= 4 is 35.7 Å². The number of para-hydroxylation sites is 2. The number of barbiturate groups is 1. The number of nitrogens with one attached hydrogen (secondary N) is 2. The maximum absolute atomic E-state index is 12.8. The normalized spacial score (nSPS) is 16.4. The highest BCUT2D eigenvalue weighted by molar-refractivity contribution is 6.32. The van der Waals surface area contributed by atoms with Crippen LogP contribution in [0.25, 0.3) is 0 Å². The van der Waals surface area contributed by atoms with E-state index in [4.69, 9.17) is 9.47 Å². The summed E-state index contributed by atoms with van der Waals surface area (Å²) in [6, 6.07) is 11.7. The van der Waals surface area contributed by atoms with E-state index in [0.717, 1.165) is 11.1 Å². The predicted octanol–water partition coefficient (Wildman–Crippen LogP) is 1.32. The average Bonchev–Trinajstić information content (AvgIpc) is 2.76. The molecule has 3 rings (SSSR count). The van der Waals surface area contributed by atoms with Crippen LogP contribution in [-0.2, 0) is 9.59 Å². The number of methoxy groups -OCH3 is 2. The van der Waals surface area contributed by atoms with Crippen molar-refractivity contribution in [2.24, 2.45) is 11.0 Å². The molecule has 1 saturated heterocycles. The number of rotatable bonds is 6. The minimum Gasteiger partial charge on any atom is -0.497 e. The zero-order valence-corrected chi connectivity index (χ0v) is 16.1. The van der Waals surface area contributed by atoms with Gasteiger partial charge >= 0.3 is 6.03 Å². The summed E-state index contributed by atoms with van der Waals surface area (Å²) in [5.74, 6) is -2.77. The standard InChI is InChI=1S/C20H18N4O6/c1-29-13-9-7-12(8-10-13)17(25)23-21-11-14-18(26)22-20(28)24(19(14)27)15-5-3-4-6-16(15)30-2/h3-11,14H,1-2H3,(H,23,25)(H,22,26,28)/b21-11-/t14-/m0/s1. The molecular weight excluding hydrogens is 392 g/mol. The molecule has 10 nitrogen and oxygen atoms in total. The van der Waals surface area contributed by atoms with Gasteiger partial charge in [0.2, 0.25) is 5.91 Å². The lowest BCUT2D eigenvalue weighted by Gasteiger charge is -2.29. The van der Waals surface area contributed by atoms with E-state index in [1.54, 1.807) is 30.3 Å². The van der Waals surface area contributed by atoms with E-state index < -0.39 is 29.7 Å². The Balaban J connectivity index is 1.76. The van der Waals surface area contributed by atoms with Crippen molar-refractivity contribution in [1.29, 1.82) is 0 Å². The molecule has 30 heavy (non-hydrogen) atoms. The van der Waals surface area contributed by atoms with Crippen LogP contribution < -0.4 is 25.1 Å². The van der Waals surface area contributed by atoms with Gasteiger partial charge < -0.3 is 9.47 Å². The van der Waals surface area contributed by atoms with Gasteiger partial charge in [0.05, 0.1) is 19.9 Å². The molecule has 1 fully saturated rings. The Bertz CT molecular complexity index is 1020. The van der Waals surface area contributed by atoms with E-state index >= 15 is 0 Å². The summed E-state index contributed by atoms with van der Waals surface area (Å²) in [5, 5.41) is 5.80. The third kappa shape index (κ3) is 4.12. The van der Waals surface area contributed by atoms with Crippen molar-refractivity contribution in [2.45, 2.75) is 0 Å². The number of anilines is 1. The van der Waals surface area contributed by atoms with Gasteiger partial charge in [-0.1, -0.05) is 12.1 Å². The molecule has 0 aromatic heterocycles. The molecule has 0 spiro atoms. The van der Waals surface area contributed by atoms with Gasteiger partial charge in [-0.25, -0.2) is 15.1 Å². The second-order valence-corrected chi connectivity index (χ2v) is 6.07. The van der Waals surface area contributed by atoms with Crippen molar-refractivity contribution in [1.82, 2.24) is 10.7 Å². The Kier molecular flexibility index (Phi) is 6.06. The number of benzene rings is 2. The highest BCUT2D eigenvalue weighted by atomic mass is 16.5. The molecule has 0 unspecified atom stereocenters. The Morgan fingerprint density at radius 1 is 1.07 bits per heavy atom. The van der Waals surface area contributed by atoms with Gasteiger partial charge in [0.25, 0.3) is 11.8 Å². The molecule has 0 radical (unpaired) electrons. The number of carbonyl (C=O) groups excluding carboxylic acids is 4. The van der Waals surface area contributed by atoms with Crippen molar-refractivity contribution in [3.63, 3.8) is 0 Å². The first-order chi connectivity index (χ1) is 14.5. The van der Waals surface area contributed by atoms with Crippen LogP contribution in [-0.4, -0.2) is 44.2 Å². The molecule has 1 aliphatic heterocycles. The van der Waals surface area contributed by atoms with Crippen LogP contribution in [0.1, 0.15) is 10.4 Å². The van der Waals surface area contributed by atoms with Gasteiger partial charge in [-0.3, -0.25) is 19.7 Å². The molecule has 1 atom stereocenters. The first-order valence-corrected chi connectivity index (χ1v) is 8.75. The Morgan fingerprint density at radius 2 is 1.77 bits per heavy atom. The van der Waals surface area contributed by atoms with Gasteiger partial charge in [-0.2, -0.15) is 5.10 Å². The molecule has 2 aromatic rings. The summed E-state index contributed by atoms with van der Waals surface area (Å²) in [5.41, 5.74) is 2.72. The lowest BCUT2D eigenvalue weighted by Crippen LogP contribution is -2.58. The van der Waals surface area contributed by atoms with Gasteiger partial charge in [-0.05, 0) is 36.4 Å². The lowest BCUT2D eigenvalue weighted by atomic mass is 10.1. The van der Waals surface area contributed by atoms with Crippen molar-refractivity contribution in [2.75, 3.05) is 19.1 Å². The molecule has 0 aliphatic carbocycles. The lowest BCUT2D eigenvalue weighted by molar-refractivity contribution is -0.131. The van der Waals surface area contributed by atoms with E-state index in [1.165, 1.54) is 32.4 Å². The van der Waals surface area contributed by atoms with Gasteiger partial charge in [-0.15, -0.1) is 0 Å². The van der Waals surface area contributed by atoms with Gasteiger partial charge in [0, 0.05) is 11.8 Å². The van der Waals surface area contributed by atoms with Crippen LogP contribution in [0.4, 0.5) is 10.5 Å². The molecule has 5 amide bonds. The number of carbonyl (C=O) groups is 4. The topological polar surface area (TPSA) is 126 Å². The van der Waals surface area contributed by atoms with Crippen molar-refractivity contribution < 1.29 is 28.7 Å². The number of hydrogen-bond donors (Lipinski definition) is 2. The SMILES string of the molecule is COc1ccc(C(=O)N/N=C\[C@H]2C(=O)NC(=O)N(c3ccccc3OC)C2=O)cc1. The van der Waals surface area contributed by atoms with E-state index in [-0.39, 0.29) is 11.4 Å². The Labute approximate surface area is 171 Å². The zero-order valence-electron chi connectivity index (χ0n) is 16.1. The number of nitrogens with zero attached hydrogens (tertiary/aromatic N) is 2. The third-order valence-electron chi connectivity index (χ3n) is 4.27. The highest BCUT2D eigenvalue weighted by Gasteiger charge is 2.41. The molecule has 2 aromatic carbocycles. The fourth-order valence-corrected chi connectivity index (χ4v) is 2.74. The van der Waals surface area contributed by atoms with Crippen LogP contribution in [0, 0.1) is 5.92 Å². The summed E-state index contributed by atoms with van der Waals surface area (Å²) >= 11 is 0. The second-order valence-electron chi connectivity index (χ2n) is 6.07. The van der Waals surface area contributed by atoms with Gasteiger partial charge in [0.1, 0.15) is 11.5 Å². The van der Waals surface area contributed by atoms with Crippen molar-refractivity contribution in [3.8, 4) is 11.5 Å². The summed E-state index contributed by atoms with van der Waals surface area (Å²) in [7, 11) is 2.90. The fraction of sp³-hybridized carbons (Fsp3) is 0.150. The average molecular weight is 410 g/mol. The minimum atomic E-state index is -1.41. The zero-order chi connectivity index (χ0) is 21.7. The first-order valence-electron chi connectivity index (χ1n) is 8.75. The summed E-state index contributed by atoms with van der Waals surface area (Å²) < 4.78 is 10.2. The largest absolute Gasteiger partial charge is 0.497 e. The van der Waals surface area contributed by atoms with E-state index in [2.05, 4.69) is 15.8 Å². The van der Waals surface area contributed by atoms with Gasteiger partial charge in [0.15, 0.2) is 5.92 Å². The highest BCUT2D eigenvalue weighted by Crippen LogP contribution is 2.30. The number of hydrogen-bond acceptors (Lipinski definition) is 7. The fourth-order valence-electron chi connectivity index (χ4n) is 2.74. The maximum atomic E-state index is 12.8. The van der Waals surface area contributed by atoms with E-state index in [0.29, 0.717) is 11.3 Å². The maximum Gasteiger partial charge on any atom is 0.335 e. The molecule has 154 valence electrons. The van der Waals surface area contributed by atoms with Crippen LogP contribution in [0.2, 0.25) is 0 Å². The monoisotopic (exact) mass is 410 g/mol. The van der Waals surface area contributed by atoms with Crippen LogP contribution in [0.15, 0.2) is 53.6 Å². The minimum absolute atomic E-state index is 0.177. The number of hydrazone groups is 1. The number of imide groups is 2. The molecule has 10 heteroatoms. The summed E-state index contributed by atoms with van der Waals surface area (Å²) in [6.07, 6.45) is 0.966. The quantitative estimate of drug-likeness (QED) is 0.420. The first kappa shape index (κ1) is 20.5. The van der Waals surface area contributed by atoms with E-state index in [1.807, 2.05) is 0 Å². The number of urea groups is 1. The molecule has 2 N–H and O–H groups in total. The van der Waals surface area contributed by atoms with Crippen LogP contribution >= 0.6 is 0 Å². The van der Waals surface area contributed by atoms with Crippen molar-refractivity contribution in [3.05, 3.63) is 54.1 Å². The van der Waals surface area contributed by atoms with Crippen LogP contribution in [0.3, 0.4) is 0 Å². The van der Waals surface area contributed by atoms with E-state index in [9.17, 15) is 19.2 Å². The Hall–Kier alpha value is -4.21. The molecule has 1 aliphatic rings. The molecule has 1 heterocycles. The summed E-state index contributed by atoms with van der Waals surface area (Å²) in [4.78, 5) is 50.1. The summed E-state index contributed by atoms with van der Waals surface area (Å²) in [6.45, 7) is 0. The number of ether oxygens (including phenoxy) is 2.